The molecule has 1 aliphatic rings. The van der Waals surface area contributed by atoms with Gasteiger partial charge in [-0.3, -0.25) is 4.79 Å². The van der Waals surface area contributed by atoms with Crippen molar-refractivity contribution in [3.8, 4) is 0 Å². The maximum Gasteiger partial charge on any atom is 0.237 e. The molecule has 3 nitrogen and oxygen atoms in total. The number of amides is 1. The van der Waals surface area contributed by atoms with Gasteiger partial charge < -0.3 is 10.6 Å². The van der Waals surface area contributed by atoms with Crippen LogP contribution in [0.25, 0.3) is 0 Å². The van der Waals surface area contributed by atoms with E-state index in [9.17, 15) is 4.79 Å². The van der Waals surface area contributed by atoms with Gasteiger partial charge in [-0.25, -0.2) is 0 Å². The number of carbonyl (C=O) groups excluding carboxylic acids is 1. The minimum absolute atomic E-state index is 0.00136. The van der Waals surface area contributed by atoms with Crippen LogP contribution in [0.4, 0.5) is 0 Å². The zero-order chi connectivity index (χ0) is 12.3. The fourth-order valence-corrected chi connectivity index (χ4v) is 2.37. The van der Waals surface area contributed by atoms with Crippen LogP contribution in [-0.4, -0.2) is 18.5 Å². The van der Waals surface area contributed by atoms with Crippen LogP contribution in [0, 0.1) is 6.92 Å². The molecule has 2 rings (SSSR count). The summed E-state index contributed by atoms with van der Waals surface area (Å²) in [6.45, 7) is 5.07. The molecule has 1 aliphatic heterocycles. The summed E-state index contributed by atoms with van der Waals surface area (Å²) in [5.41, 5.74) is 2.42. The zero-order valence-corrected chi connectivity index (χ0v) is 10.5. The fourth-order valence-electron chi connectivity index (χ4n) is 2.37. The minimum Gasteiger partial charge on any atom is -0.348 e. The molecule has 1 saturated heterocycles. The lowest BCUT2D eigenvalue weighted by Gasteiger charge is -2.19. The quantitative estimate of drug-likeness (QED) is 0.836. The Labute approximate surface area is 103 Å². The SMILES string of the molecule is Cc1ccccc1[C@@H](C)NC(=O)[C@H]1CCCN1. The van der Waals surface area contributed by atoms with E-state index in [0.717, 1.165) is 19.4 Å². The minimum atomic E-state index is 0.00136. The van der Waals surface area contributed by atoms with Crippen LogP contribution < -0.4 is 10.6 Å². The van der Waals surface area contributed by atoms with Crippen molar-refractivity contribution in [3.63, 3.8) is 0 Å². The van der Waals surface area contributed by atoms with Crippen LogP contribution >= 0.6 is 0 Å². The monoisotopic (exact) mass is 232 g/mol. The first-order valence-electron chi connectivity index (χ1n) is 6.28. The Kier molecular flexibility index (Phi) is 3.79. The van der Waals surface area contributed by atoms with Crippen molar-refractivity contribution in [1.29, 1.82) is 0 Å². The third-order valence-corrected chi connectivity index (χ3v) is 3.39. The van der Waals surface area contributed by atoms with Gasteiger partial charge in [0.25, 0.3) is 0 Å². The van der Waals surface area contributed by atoms with Gasteiger partial charge in [-0.05, 0) is 44.4 Å². The molecule has 1 amide bonds. The predicted molar refractivity (Wildman–Crippen MR) is 68.8 cm³/mol. The zero-order valence-electron chi connectivity index (χ0n) is 10.5. The van der Waals surface area contributed by atoms with Gasteiger partial charge in [0, 0.05) is 0 Å². The molecule has 2 N–H and O–H groups in total. The Morgan fingerprint density at radius 2 is 2.24 bits per heavy atom. The summed E-state index contributed by atoms with van der Waals surface area (Å²) < 4.78 is 0. The second-order valence-corrected chi connectivity index (χ2v) is 4.74. The summed E-state index contributed by atoms with van der Waals surface area (Å²) in [4.78, 5) is 12.0. The van der Waals surface area contributed by atoms with Gasteiger partial charge in [0.2, 0.25) is 5.91 Å². The molecule has 2 atom stereocenters. The number of hydrogen-bond acceptors (Lipinski definition) is 2. The van der Waals surface area contributed by atoms with Gasteiger partial charge in [0.15, 0.2) is 0 Å². The van der Waals surface area contributed by atoms with Crippen molar-refractivity contribution in [1.82, 2.24) is 10.6 Å². The lowest BCUT2D eigenvalue weighted by Crippen LogP contribution is -2.41. The third-order valence-electron chi connectivity index (χ3n) is 3.39. The molecule has 1 fully saturated rings. The van der Waals surface area contributed by atoms with Gasteiger partial charge >= 0.3 is 0 Å². The van der Waals surface area contributed by atoms with Crippen molar-refractivity contribution < 1.29 is 4.79 Å². The average molecular weight is 232 g/mol. The van der Waals surface area contributed by atoms with E-state index in [0.29, 0.717) is 0 Å². The van der Waals surface area contributed by atoms with Crippen LogP contribution in [0.1, 0.15) is 36.9 Å². The normalized spacial score (nSPS) is 21.2. The second-order valence-electron chi connectivity index (χ2n) is 4.74. The van der Waals surface area contributed by atoms with E-state index < -0.39 is 0 Å². The molecule has 0 bridgehead atoms. The topological polar surface area (TPSA) is 41.1 Å². The maximum absolute atomic E-state index is 12.0. The molecule has 0 saturated carbocycles. The predicted octanol–water partition coefficient (Wildman–Crippen LogP) is 1.92. The summed E-state index contributed by atoms with van der Waals surface area (Å²) in [6.07, 6.45) is 2.04. The molecular weight excluding hydrogens is 212 g/mol. The summed E-state index contributed by atoms with van der Waals surface area (Å²) in [5.74, 6) is 0.123. The van der Waals surface area contributed by atoms with Crippen molar-refractivity contribution in [3.05, 3.63) is 35.4 Å². The van der Waals surface area contributed by atoms with E-state index in [1.165, 1.54) is 11.1 Å². The molecule has 1 aromatic rings. The van der Waals surface area contributed by atoms with Crippen molar-refractivity contribution in [2.24, 2.45) is 0 Å². The number of aryl methyl sites for hydroxylation is 1. The lowest BCUT2D eigenvalue weighted by molar-refractivity contribution is -0.123. The molecule has 1 heterocycles. The van der Waals surface area contributed by atoms with E-state index >= 15 is 0 Å². The Balaban J connectivity index is 1.99. The van der Waals surface area contributed by atoms with E-state index in [-0.39, 0.29) is 18.0 Å². The molecule has 0 aliphatic carbocycles. The van der Waals surface area contributed by atoms with Gasteiger partial charge in [-0.1, -0.05) is 24.3 Å². The lowest BCUT2D eigenvalue weighted by atomic mass is 10.0. The number of rotatable bonds is 3. The van der Waals surface area contributed by atoms with E-state index in [1.807, 2.05) is 19.1 Å². The first kappa shape index (κ1) is 12.1. The van der Waals surface area contributed by atoms with Crippen molar-refractivity contribution >= 4 is 5.91 Å². The van der Waals surface area contributed by atoms with Crippen LogP contribution in [0.2, 0.25) is 0 Å². The highest BCUT2D eigenvalue weighted by Gasteiger charge is 2.23. The third kappa shape index (κ3) is 2.86. The first-order chi connectivity index (χ1) is 8.18. The van der Waals surface area contributed by atoms with E-state index in [2.05, 4.69) is 29.7 Å². The van der Waals surface area contributed by atoms with E-state index in [1.54, 1.807) is 0 Å². The summed E-state index contributed by atoms with van der Waals surface area (Å²) in [7, 11) is 0. The van der Waals surface area contributed by atoms with Crippen LogP contribution in [0.15, 0.2) is 24.3 Å². The van der Waals surface area contributed by atoms with Gasteiger partial charge in [-0.15, -0.1) is 0 Å². The number of carbonyl (C=O) groups is 1. The molecule has 3 heteroatoms. The molecule has 1 aromatic carbocycles. The highest BCUT2D eigenvalue weighted by Crippen LogP contribution is 2.17. The molecule has 17 heavy (non-hydrogen) atoms. The Bertz CT molecular complexity index is 397. The standard InChI is InChI=1S/C14H20N2O/c1-10-6-3-4-7-12(10)11(2)16-14(17)13-8-5-9-15-13/h3-4,6-7,11,13,15H,5,8-9H2,1-2H3,(H,16,17)/t11-,13-/m1/s1. The second kappa shape index (κ2) is 5.32. The number of benzene rings is 1. The summed E-state index contributed by atoms with van der Waals surface area (Å²) >= 11 is 0. The van der Waals surface area contributed by atoms with Crippen molar-refractivity contribution in [2.45, 2.75) is 38.8 Å². The van der Waals surface area contributed by atoms with Gasteiger partial charge in [0.1, 0.15) is 0 Å². The highest BCUT2D eigenvalue weighted by molar-refractivity contribution is 5.82. The number of nitrogens with one attached hydrogen (secondary N) is 2. The number of hydrogen-bond donors (Lipinski definition) is 2. The molecule has 0 spiro atoms. The summed E-state index contributed by atoms with van der Waals surface area (Å²) in [6, 6.07) is 8.26. The van der Waals surface area contributed by atoms with Gasteiger partial charge in [0.05, 0.1) is 12.1 Å². The fraction of sp³-hybridized carbons (Fsp3) is 0.500. The summed E-state index contributed by atoms with van der Waals surface area (Å²) in [5, 5.41) is 6.29. The Hall–Kier alpha value is -1.35. The van der Waals surface area contributed by atoms with Gasteiger partial charge in [-0.2, -0.15) is 0 Å². The smallest absolute Gasteiger partial charge is 0.237 e. The molecule has 0 unspecified atom stereocenters. The first-order valence-corrected chi connectivity index (χ1v) is 6.28. The van der Waals surface area contributed by atoms with Crippen LogP contribution in [0.5, 0.6) is 0 Å². The molecule has 0 radical (unpaired) electrons. The Morgan fingerprint density at radius 3 is 2.88 bits per heavy atom. The molecule has 92 valence electrons. The Morgan fingerprint density at radius 1 is 1.47 bits per heavy atom. The van der Waals surface area contributed by atoms with E-state index in [4.69, 9.17) is 0 Å². The average Bonchev–Trinajstić information content (AvgIpc) is 2.82. The highest BCUT2D eigenvalue weighted by atomic mass is 16.2. The van der Waals surface area contributed by atoms with Crippen molar-refractivity contribution in [2.75, 3.05) is 6.54 Å². The van der Waals surface area contributed by atoms with Crippen LogP contribution in [-0.2, 0) is 4.79 Å². The maximum atomic E-state index is 12.0. The van der Waals surface area contributed by atoms with Crippen LogP contribution in [0.3, 0.4) is 0 Å². The largest absolute Gasteiger partial charge is 0.348 e. The molecular formula is C14H20N2O. The molecule has 0 aromatic heterocycles.